The second-order valence-electron chi connectivity index (χ2n) is 5.66. The maximum absolute atomic E-state index is 12.7. The predicted molar refractivity (Wildman–Crippen MR) is 77.7 cm³/mol. The predicted octanol–water partition coefficient (Wildman–Crippen LogP) is 5.46. The SMILES string of the molecule is CC1C=C(c2ccc3cc(C(F)(F)F)ccc3n2)CCC1. The van der Waals surface area contributed by atoms with Gasteiger partial charge in [-0.1, -0.05) is 19.1 Å². The molecule has 1 heterocycles. The summed E-state index contributed by atoms with van der Waals surface area (Å²) in [5.74, 6) is 0.541. The first kappa shape index (κ1) is 14.1. The minimum atomic E-state index is -4.31. The van der Waals surface area contributed by atoms with Gasteiger partial charge in [0.05, 0.1) is 16.8 Å². The Balaban J connectivity index is 2.02. The van der Waals surface area contributed by atoms with Crippen LogP contribution < -0.4 is 0 Å². The van der Waals surface area contributed by atoms with Crippen molar-refractivity contribution >= 4 is 16.5 Å². The quantitative estimate of drug-likeness (QED) is 0.680. The third-order valence-electron chi connectivity index (χ3n) is 3.94. The molecule has 2 aromatic rings. The Hall–Kier alpha value is -1.84. The molecule has 0 fully saturated rings. The molecule has 1 unspecified atom stereocenters. The molecule has 110 valence electrons. The first-order valence-electron chi connectivity index (χ1n) is 7.12. The molecule has 0 bridgehead atoms. The summed E-state index contributed by atoms with van der Waals surface area (Å²) in [6, 6.07) is 7.26. The van der Waals surface area contributed by atoms with E-state index in [1.165, 1.54) is 18.1 Å². The Kier molecular flexibility index (Phi) is 3.47. The van der Waals surface area contributed by atoms with Crippen molar-refractivity contribution in [1.29, 1.82) is 0 Å². The number of hydrogen-bond acceptors (Lipinski definition) is 1. The van der Waals surface area contributed by atoms with Crippen molar-refractivity contribution < 1.29 is 13.2 Å². The number of benzene rings is 1. The lowest BCUT2D eigenvalue weighted by Crippen LogP contribution is -2.05. The van der Waals surface area contributed by atoms with E-state index in [9.17, 15) is 13.2 Å². The number of nitrogens with zero attached hydrogens (tertiary/aromatic N) is 1. The summed E-state index contributed by atoms with van der Waals surface area (Å²) in [5, 5.41) is 0.526. The standard InChI is InChI=1S/C17H16F3N/c1-11-3-2-4-12(9-11)15-7-5-13-10-14(17(18,19)20)6-8-16(13)21-15/h5-11H,2-4H2,1H3. The Labute approximate surface area is 121 Å². The van der Waals surface area contributed by atoms with E-state index >= 15 is 0 Å². The first-order valence-corrected chi connectivity index (χ1v) is 7.12. The van der Waals surface area contributed by atoms with Crippen LogP contribution in [0.4, 0.5) is 13.2 Å². The largest absolute Gasteiger partial charge is 0.416 e. The van der Waals surface area contributed by atoms with E-state index in [1.54, 1.807) is 6.07 Å². The third kappa shape index (κ3) is 2.94. The number of halogens is 3. The lowest BCUT2D eigenvalue weighted by Gasteiger charge is -2.17. The van der Waals surface area contributed by atoms with Crippen molar-refractivity contribution in [3.8, 4) is 0 Å². The highest BCUT2D eigenvalue weighted by molar-refractivity contribution is 5.82. The molecule has 1 nitrogen and oxygen atoms in total. The second kappa shape index (κ2) is 5.17. The van der Waals surface area contributed by atoms with Gasteiger partial charge in [-0.3, -0.25) is 0 Å². The Morgan fingerprint density at radius 2 is 1.95 bits per heavy atom. The molecule has 0 amide bonds. The Morgan fingerprint density at radius 1 is 1.14 bits per heavy atom. The highest BCUT2D eigenvalue weighted by Crippen LogP contribution is 2.33. The van der Waals surface area contributed by atoms with Gasteiger partial charge in [0.15, 0.2) is 0 Å². The molecule has 1 aromatic carbocycles. The van der Waals surface area contributed by atoms with Crippen molar-refractivity contribution in [2.45, 2.75) is 32.4 Å². The van der Waals surface area contributed by atoms with Gasteiger partial charge >= 0.3 is 6.18 Å². The number of pyridine rings is 1. The molecule has 0 saturated carbocycles. The van der Waals surface area contributed by atoms with Gasteiger partial charge in [0.2, 0.25) is 0 Å². The summed E-state index contributed by atoms with van der Waals surface area (Å²) in [6.45, 7) is 2.18. The van der Waals surface area contributed by atoms with Crippen LogP contribution in [0.2, 0.25) is 0 Å². The summed E-state index contributed by atoms with van der Waals surface area (Å²) in [6.07, 6.45) is 1.23. The molecule has 1 aliphatic carbocycles. The van der Waals surface area contributed by atoms with Gasteiger partial charge in [0.1, 0.15) is 0 Å². The number of hydrogen-bond donors (Lipinski definition) is 0. The minimum Gasteiger partial charge on any atom is -0.248 e. The smallest absolute Gasteiger partial charge is 0.248 e. The van der Waals surface area contributed by atoms with E-state index in [4.69, 9.17) is 0 Å². The fraction of sp³-hybridized carbons (Fsp3) is 0.353. The molecule has 1 aliphatic rings. The molecule has 0 spiro atoms. The number of aromatic nitrogens is 1. The van der Waals surface area contributed by atoms with E-state index in [1.807, 2.05) is 6.07 Å². The van der Waals surface area contributed by atoms with Crippen LogP contribution in [0, 0.1) is 5.92 Å². The first-order chi connectivity index (χ1) is 9.93. The zero-order valence-electron chi connectivity index (χ0n) is 11.7. The summed E-state index contributed by atoms with van der Waals surface area (Å²) in [5.41, 5.74) is 2.07. The highest BCUT2D eigenvalue weighted by Gasteiger charge is 2.30. The van der Waals surface area contributed by atoms with E-state index in [2.05, 4.69) is 18.0 Å². The van der Waals surface area contributed by atoms with Gasteiger partial charge in [0, 0.05) is 5.39 Å². The van der Waals surface area contributed by atoms with Gasteiger partial charge in [-0.2, -0.15) is 13.2 Å². The number of alkyl halides is 3. The fourth-order valence-corrected chi connectivity index (χ4v) is 2.82. The summed E-state index contributed by atoms with van der Waals surface area (Å²) in [4.78, 5) is 4.52. The van der Waals surface area contributed by atoms with Crippen molar-refractivity contribution in [3.63, 3.8) is 0 Å². The summed E-state index contributed by atoms with van der Waals surface area (Å²) < 4.78 is 38.1. The van der Waals surface area contributed by atoms with Gasteiger partial charge in [-0.25, -0.2) is 4.98 Å². The third-order valence-corrected chi connectivity index (χ3v) is 3.94. The molecular weight excluding hydrogens is 275 g/mol. The fourth-order valence-electron chi connectivity index (χ4n) is 2.82. The Bertz CT molecular complexity index is 701. The lowest BCUT2D eigenvalue weighted by molar-refractivity contribution is -0.137. The lowest BCUT2D eigenvalue weighted by atomic mass is 9.90. The van der Waals surface area contributed by atoms with E-state index < -0.39 is 11.7 Å². The van der Waals surface area contributed by atoms with Crippen LogP contribution >= 0.6 is 0 Å². The average Bonchev–Trinajstić information content (AvgIpc) is 2.45. The molecule has 0 saturated heterocycles. The maximum atomic E-state index is 12.7. The molecule has 3 rings (SSSR count). The van der Waals surface area contributed by atoms with E-state index in [0.717, 1.165) is 30.7 Å². The van der Waals surface area contributed by atoms with Crippen molar-refractivity contribution in [3.05, 3.63) is 47.7 Å². The van der Waals surface area contributed by atoms with Crippen LogP contribution in [-0.2, 0) is 6.18 Å². The van der Waals surface area contributed by atoms with Crippen LogP contribution in [0.3, 0.4) is 0 Å². The van der Waals surface area contributed by atoms with Crippen molar-refractivity contribution in [1.82, 2.24) is 4.98 Å². The van der Waals surface area contributed by atoms with Gasteiger partial charge in [-0.05, 0) is 55.0 Å². The molecule has 21 heavy (non-hydrogen) atoms. The number of fused-ring (bicyclic) bond motifs is 1. The molecular formula is C17H16F3N. The molecule has 0 aliphatic heterocycles. The van der Waals surface area contributed by atoms with Gasteiger partial charge in [-0.15, -0.1) is 0 Å². The monoisotopic (exact) mass is 291 g/mol. The average molecular weight is 291 g/mol. The van der Waals surface area contributed by atoms with Gasteiger partial charge in [0.25, 0.3) is 0 Å². The van der Waals surface area contributed by atoms with Crippen LogP contribution in [0.25, 0.3) is 16.5 Å². The van der Waals surface area contributed by atoms with Crippen LogP contribution in [0.15, 0.2) is 36.4 Å². The number of allylic oxidation sites excluding steroid dienone is 2. The van der Waals surface area contributed by atoms with Crippen molar-refractivity contribution in [2.24, 2.45) is 5.92 Å². The van der Waals surface area contributed by atoms with Crippen LogP contribution in [-0.4, -0.2) is 4.98 Å². The van der Waals surface area contributed by atoms with Crippen LogP contribution in [0.1, 0.15) is 37.4 Å². The normalized spacial score (nSPS) is 19.6. The molecule has 1 aromatic heterocycles. The summed E-state index contributed by atoms with van der Waals surface area (Å²) in [7, 11) is 0. The van der Waals surface area contributed by atoms with Crippen LogP contribution in [0.5, 0.6) is 0 Å². The molecule has 4 heteroatoms. The zero-order valence-corrected chi connectivity index (χ0v) is 11.7. The summed E-state index contributed by atoms with van der Waals surface area (Å²) >= 11 is 0. The van der Waals surface area contributed by atoms with E-state index in [-0.39, 0.29) is 0 Å². The molecule has 0 radical (unpaired) electrons. The number of rotatable bonds is 1. The minimum absolute atomic E-state index is 0.526. The highest BCUT2D eigenvalue weighted by atomic mass is 19.4. The van der Waals surface area contributed by atoms with Gasteiger partial charge < -0.3 is 0 Å². The van der Waals surface area contributed by atoms with E-state index in [0.29, 0.717) is 16.8 Å². The molecule has 0 N–H and O–H groups in total. The zero-order chi connectivity index (χ0) is 15.0. The van der Waals surface area contributed by atoms with Crippen molar-refractivity contribution in [2.75, 3.05) is 0 Å². The Morgan fingerprint density at radius 3 is 2.67 bits per heavy atom. The molecule has 1 atom stereocenters. The topological polar surface area (TPSA) is 12.9 Å². The second-order valence-corrected chi connectivity index (χ2v) is 5.66. The maximum Gasteiger partial charge on any atom is 0.416 e.